The summed E-state index contributed by atoms with van der Waals surface area (Å²) in [7, 11) is 3.03. The molecule has 4 rings (SSSR count). The Balaban J connectivity index is 0.000000341. The van der Waals surface area contributed by atoms with Gasteiger partial charge in [-0.25, -0.2) is 9.97 Å². The van der Waals surface area contributed by atoms with Crippen molar-refractivity contribution in [2.75, 3.05) is 24.9 Å². The molecule has 36 heavy (non-hydrogen) atoms. The van der Waals surface area contributed by atoms with Crippen LogP contribution in [0.4, 0.5) is 11.9 Å². The summed E-state index contributed by atoms with van der Waals surface area (Å²) in [6.07, 6.45) is 0. The van der Waals surface area contributed by atoms with Gasteiger partial charge in [-0.05, 0) is 24.3 Å². The average Bonchev–Trinajstić information content (AvgIpc) is 2.77. The Morgan fingerprint density at radius 2 is 1.36 bits per heavy atom. The molecular weight excluding hydrogens is 566 g/mol. The van der Waals surface area contributed by atoms with Crippen LogP contribution < -0.4 is 25.7 Å². The van der Waals surface area contributed by atoms with Crippen LogP contribution in [0.3, 0.4) is 0 Å². The fourth-order valence-electron chi connectivity index (χ4n) is 3.05. The van der Waals surface area contributed by atoms with Gasteiger partial charge in [-0.15, -0.1) is 0 Å². The molecule has 0 saturated heterocycles. The zero-order valence-corrected chi connectivity index (χ0v) is 23.2. The van der Waals surface area contributed by atoms with Gasteiger partial charge in [-0.3, -0.25) is 30.0 Å². The normalized spacial score (nSPS) is 9.69. The van der Waals surface area contributed by atoms with Crippen LogP contribution in [0.1, 0.15) is 13.8 Å². The number of H-pyrrole nitrogens is 1. The SMILES string of the molecule is COc1cccc2nc(NC(C)=O)[nH]c(=O)c12.COc1cccc2nc(NC(C)=O)nc(Cl)c12.[V].[V]. The number of carbonyl (C=O) groups is 2. The number of rotatable bonds is 4. The summed E-state index contributed by atoms with van der Waals surface area (Å²) in [6.45, 7) is 2.73. The smallest absolute Gasteiger partial charge is 0.263 e. The van der Waals surface area contributed by atoms with Gasteiger partial charge in [0.1, 0.15) is 22.0 Å². The minimum Gasteiger partial charge on any atom is -0.496 e. The number of nitrogens with one attached hydrogen (secondary N) is 3. The van der Waals surface area contributed by atoms with Crippen molar-refractivity contribution in [3.8, 4) is 11.5 Å². The molecule has 14 heteroatoms. The van der Waals surface area contributed by atoms with Gasteiger partial charge in [-0.2, -0.15) is 4.98 Å². The van der Waals surface area contributed by atoms with Crippen molar-refractivity contribution in [3.05, 3.63) is 51.9 Å². The van der Waals surface area contributed by atoms with Gasteiger partial charge in [0.05, 0.1) is 30.6 Å². The standard InChI is InChI=1S/C11H10ClN3O2.C11H11N3O3.2V/c1-6(16)13-11-14-7-4-3-5-8(17-2)9(7)10(12)15-11;1-6(15)12-11-13-7-4-3-5-8(17-2)9(7)10(16)14-11;;/h3-5H,1-2H3,(H,13,14,15,16);3-5H,1-2H3,(H2,12,13,14,15,16);;. The van der Waals surface area contributed by atoms with Crippen molar-refractivity contribution in [2.45, 2.75) is 13.8 Å². The van der Waals surface area contributed by atoms with Crippen LogP contribution >= 0.6 is 11.6 Å². The first-order valence-electron chi connectivity index (χ1n) is 9.86. The topological polar surface area (TPSA) is 148 Å². The summed E-state index contributed by atoms with van der Waals surface area (Å²) >= 11 is 6.05. The van der Waals surface area contributed by atoms with Gasteiger partial charge in [0.25, 0.3) is 5.56 Å². The number of aromatic nitrogens is 4. The number of aromatic amines is 1. The molecule has 4 aromatic rings. The van der Waals surface area contributed by atoms with E-state index in [9.17, 15) is 14.4 Å². The maximum absolute atomic E-state index is 11.8. The van der Waals surface area contributed by atoms with Gasteiger partial charge in [0, 0.05) is 51.0 Å². The molecule has 11 nitrogen and oxygen atoms in total. The van der Waals surface area contributed by atoms with E-state index in [1.165, 1.54) is 21.0 Å². The monoisotopic (exact) mass is 586 g/mol. The number of hydrogen-bond acceptors (Lipinski definition) is 8. The number of nitrogens with zero attached hydrogens (tertiary/aromatic N) is 3. The Labute approximate surface area is 234 Å². The Bertz CT molecular complexity index is 1450. The van der Waals surface area contributed by atoms with Crippen LogP contribution in [0.5, 0.6) is 11.5 Å². The van der Waals surface area contributed by atoms with Gasteiger partial charge in [0.2, 0.25) is 23.7 Å². The molecule has 0 atom stereocenters. The van der Waals surface area contributed by atoms with E-state index in [-0.39, 0.29) is 71.5 Å². The summed E-state index contributed by atoms with van der Waals surface area (Å²) in [5, 5.41) is 6.16. The van der Waals surface area contributed by atoms with Crippen LogP contribution in [0, 0.1) is 0 Å². The van der Waals surface area contributed by atoms with Crippen molar-refractivity contribution in [1.82, 2.24) is 19.9 Å². The van der Waals surface area contributed by atoms with E-state index in [0.29, 0.717) is 33.3 Å². The average molecular weight is 587 g/mol. The van der Waals surface area contributed by atoms with E-state index >= 15 is 0 Å². The van der Waals surface area contributed by atoms with Crippen molar-refractivity contribution in [1.29, 1.82) is 0 Å². The third-order valence-electron chi connectivity index (χ3n) is 4.36. The largest absolute Gasteiger partial charge is 0.496 e. The maximum atomic E-state index is 11.8. The van der Waals surface area contributed by atoms with Crippen molar-refractivity contribution < 1.29 is 56.2 Å². The summed E-state index contributed by atoms with van der Waals surface area (Å²) in [5.41, 5.74) is 0.737. The molecule has 186 valence electrons. The predicted octanol–water partition coefficient (Wildman–Crippen LogP) is 3.14. The first kappa shape index (κ1) is 30.9. The first-order valence-corrected chi connectivity index (χ1v) is 10.2. The van der Waals surface area contributed by atoms with Crippen LogP contribution in [0.25, 0.3) is 21.8 Å². The fourth-order valence-corrected chi connectivity index (χ4v) is 3.32. The number of amides is 2. The van der Waals surface area contributed by atoms with Crippen LogP contribution in [0.2, 0.25) is 5.15 Å². The number of halogens is 1. The summed E-state index contributed by atoms with van der Waals surface area (Å²) in [5.74, 6) is 0.817. The summed E-state index contributed by atoms with van der Waals surface area (Å²) in [6, 6.07) is 10.4. The number of methoxy groups -OCH3 is 2. The third kappa shape index (κ3) is 7.46. The van der Waals surface area contributed by atoms with Gasteiger partial charge in [-0.1, -0.05) is 23.7 Å². The first-order chi connectivity index (χ1) is 16.2. The Kier molecular flexibility index (Phi) is 11.9. The van der Waals surface area contributed by atoms with Crippen molar-refractivity contribution >= 4 is 57.1 Å². The molecule has 2 aromatic carbocycles. The molecule has 0 aliphatic rings. The summed E-state index contributed by atoms with van der Waals surface area (Å²) in [4.78, 5) is 48.4. The van der Waals surface area contributed by atoms with E-state index in [4.69, 9.17) is 21.1 Å². The summed E-state index contributed by atoms with van der Waals surface area (Å²) < 4.78 is 10.3. The van der Waals surface area contributed by atoms with Crippen LogP contribution in [0.15, 0.2) is 41.2 Å². The molecule has 0 aliphatic heterocycles. The second-order valence-electron chi connectivity index (χ2n) is 6.82. The number of carbonyl (C=O) groups excluding carboxylic acids is 2. The minimum atomic E-state index is -0.351. The number of ether oxygens (including phenoxy) is 2. The Morgan fingerprint density at radius 3 is 1.89 bits per heavy atom. The van der Waals surface area contributed by atoms with Gasteiger partial charge >= 0.3 is 0 Å². The molecule has 2 heterocycles. The van der Waals surface area contributed by atoms with Crippen LogP contribution in [-0.4, -0.2) is 46.0 Å². The van der Waals surface area contributed by atoms with Crippen LogP contribution in [-0.2, 0) is 46.7 Å². The number of benzene rings is 2. The molecule has 2 radical (unpaired) electrons. The van der Waals surface area contributed by atoms with Gasteiger partial charge < -0.3 is 9.47 Å². The number of hydrogen-bond donors (Lipinski definition) is 3. The third-order valence-corrected chi connectivity index (χ3v) is 4.63. The van der Waals surface area contributed by atoms with Crippen molar-refractivity contribution in [3.63, 3.8) is 0 Å². The van der Waals surface area contributed by atoms with Crippen molar-refractivity contribution in [2.24, 2.45) is 0 Å². The zero-order valence-electron chi connectivity index (χ0n) is 19.6. The number of anilines is 2. The fraction of sp³-hybridized carbons (Fsp3) is 0.182. The van der Waals surface area contributed by atoms with E-state index in [2.05, 4.69) is 30.6 Å². The quantitative estimate of drug-likeness (QED) is 0.309. The molecule has 0 saturated carbocycles. The van der Waals surface area contributed by atoms with Gasteiger partial charge in [0.15, 0.2) is 0 Å². The molecular formula is C22H21ClN6O5V2. The van der Waals surface area contributed by atoms with E-state index < -0.39 is 0 Å². The molecule has 0 spiro atoms. The molecule has 2 amide bonds. The van der Waals surface area contributed by atoms with E-state index in [1.54, 1.807) is 43.5 Å². The zero-order chi connectivity index (χ0) is 24.8. The molecule has 0 bridgehead atoms. The van der Waals surface area contributed by atoms with E-state index in [0.717, 1.165) is 0 Å². The predicted molar refractivity (Wildman–Crippen MR) is 129 cm³/mol. The maximum Gasteiger partial charge on any atom is 0.263 e. The number of fused-ring (bicyclic) bond motifs is 2. The van der Waals surface area contributed by atoms with E-state index in [1.807, 2.05) is 0 Å². The molecule has 3 N–H and O–H groups in total. The molecule has 0 unspecified atom stereocenters. The molecule has 0 aliphatic carbocycles. The second-order valence-corrected chi connectivity index (χ2v) is 7.18. The Morgan fingerprint density at radius 1 is 0.833 bits per heavy atom. The Hall–Kier alpha value is -3.08. The second kappa shape index (κ2) is 13.9. The molecule has 2 aromatic heterocycles. The molecule has 0 fully saturated rings. The minimum absolute atomic E-state index is 0.